The van der Waals surface area contributed by atoms with Crippen LogP contribution in [0.2, 0.25) is 0 Å². The van der Waals surface area contributed by atoms with Crippen molar-refractivity contribution in [3.8, 4) is 11.5 Å². The number of rotatable bonds is 4. The molecule has 3 rings (SSSR count). The monoisotopic (exact) mass is 322 g/mol. The van der Waals surface area contributed by atoms with Crippen LogP contribution in [0.1, 0.15) is 10.4 Å². The number of carbonyl (C=O) groups is 1. The molecular formula is C16H12F2O3S. The van der Waals surface area contributed by atoms with Gasteiger partial charge in [-0.25, -0.2) is 8.78 Å². The first-order valence-electron chi connectivity index (χ1n) is 6.64. The lowest BCUT2D eigenvalue weighted by Gasteiger charge is -2.18. The van der Waals surface area contributed by atoms with Crippen molar-refractivity contribution in [2.45, 2.75) is 4.90 Å². The molecule has 6 heteroatoms. The Bertz CT molecular complexity index is 719. The molecule has 0 atom stereocenters. The van der Waals surface area contributed by atoms with Crippen molar-refractivity contribution in [1.29, 1.82) is 0 Å². The molecule has 1 heterocycles. The fraction of sp³-hybridized carbons (Fsp3) is 0.188. The molecule has 0 unspecified atom stereocenters. The summed E-state index contributed by atoms with van der Waals surface area (Å²) >= 11 is 0.965. The van der Waals surface area contributed by atoms with Crippen molar-refractivity contribution in [2.24, 2.45) is 0 Å². The lowest BCUT2D eigenvalue weighted by molar-refractivity contribution is 0.102. The largest absolute Gasteiger partial charge is 0.486 e. The number of halogens is 2. The van der Waals surface area contributed by atoms with Gasteiger partial charge in [0.1, 0.15) is 24.8 Å². The summed E-state index contributed by atoms with van der Waals surface area (Å²) in [6.45, 7) is 0.920. The van der Waals surface area contributed by atoms with Crippen molar-refractivity contribution >= 4 is 17.5 Å². The standard InChI is InChI=1S/C16H12F2O3S/c17-11-2-3-12(18)16(8-11)22-9-13(19)10-1-4-14-15(7-10)21-6-5-20-14/h1-4,7-8H,5-6,9H2. The van der Waals surface area contributed by atoms with E-state index in [0.717, 1.165) is 30.0 Å². The average Bonchev–Trinajstić information content (AvgIpc) is 2.55. The predicted octanol–water partition coefficient (Wildman–Crippen LogP) is 3.71. The second-order valence-corrected chi connectivity index (χ2v) is 5.66. The van der Waals surface area contributed by atoms with Gasteiger partial charge in [0.15, 0.2) is 17.3 Å². The highest BCUT2D eigenvalue weighted by Crippen LogP contribution is 2.31. The van der Waals surface area contributed by atoms with E-state index in [1.54, 1.807) is 18.2 Å². The van der Waals surface area contributed by atoms with Crippen molar-refractivity contribution < 1.29 is 23.0 Å². The zero-order chi connectivity index (χ0) is 15.5. The number of hydrogen-bond donors (Lipinski definition) is 0. The lowest BCUT2D eigenvalue weighted by atomic mass is 10.1. The first-order chi connectivity index (χ1) is 10.6. The summed E-state index contributed by atoms with van der Waals surface area (Å²) in [5.74, 6) is -0.117. The Morgan fingerprint density at radius 2 is 1.82 bits per heavy atom. The van der Waals surface area contributed by atoms with E-state index in [9.17, 15) is 13.6 Å². The molecule has 2 aromatic carbocycles. The molecule has 2 aromatic rings. The quantitative estimate of drug-likeness (QED) is 0.635. The minimum Gasteiger partial charge on any atom is -0.486 e. The van der Waals surface area contributed by atoms with Crippen LogP contribution in [0.4, 0.5) is 8.78 Å². The Labute approximate surface area is 130 Å². The van der Waals surface area contributed by atoms with Crippen LogP contribution in [0.25, 0.3) is 0 Å². The highest BCUT2D eigenvalue weighted by Gasteiger charge is 2.15. The molecule has 0 amide bonds. The average molecular weight is 322 g/mol. The molecule has 0 radical (unpaired) electrons. The van der Waals surface area contributed by atoms with E-state index in [1.807, 2.05) is 0 Å². The van der Waals surface area contributed by atoms with Gasteiger partial charge in [0.2, 0.25) is 0 Å². The predicted molar refractivity (Wildman–Crippen MR) is 78.8 cm³/mol. The van der Waals surface area contributed by atoms with Crippen molar-refractivity contribution in [1.82, 2.24) is 0 Å². The maximum absolute atomic E-state index is 13.5. The van der Waals surface area contributed by atoms with E-state index in [4.69, 9.17) is 9.47 Å². The summed E-state index contributed by atoms with van der Waals surface area (Å²) in [6.07, 6.45) is 0. The fourth-order valence-electron chi connectivity index (χ4n) is 2.03. The second kappa shape index (κ2) is 6.36. The molecule has 1 aliphatic rings. The molecule has 0 saturated carbocycles. The first-order valence-corrected chi connectivity index (χ1v) is 7.63. The van der Waals surface area contributed by atoms with Gasteiger partial charge in [-0.1, -0.05) is 0 Å². The van der Waals surface area contributed by atoms with E-state index < -0.39 is 11.6 Å². The van der Waals surface area contributed by atoms with E-state index in [1.165, 1.54) is 0 Å². The van der Waals surface area contributed by atoms with E-state index >= 15 is 0 Å². The molecule has 0 aromatic heterocycles. The molecule has 0 saturated heterocycles. The van der Waals surface area contributed by atoms with Crippen LogP contribution < -0.4 is 9.47 Å². The van der Waals surface area contributed by atoms with Gasteiger partial charge in [0.05, 0.1) is 5.75 Å². The molecule has 22 heavy (non-hydrogen) atoms. The minimum absolute atomic E-state index is 0.0139. The number of ether oxygens (including phenoxy) is 2. The summed E-state index contributed by atoms with van der Waals surface area (Å²) in [7, 11) is 0. The minimum atomic E-state index is -0.540. The Morgan fingerprint density at radius 1 is 1.05 bits per heavy atom. The molecular weight excluding hydrogens is 310 g/mol. The van der Waals surface area contributed by atoms with E-state index in [0.29, 0.717) is 30.3 Å². The zero-order valence-electron chi connectivity index (χ0n) is 11.5. The van der Waals surface area contributed by atoms with Crippen LogP contribution in [0, 0.1) is 11.6 Å². The zero-order valence-corrected chi connectivity index (χ0v) is 12.3. The van der Waals surface area contributed by atoms with Gasteiger partial charge < -0.3 is 9.47 Å². The number of benzene rings is 2. The number of thioether (sulfide) groups is 1. The Hall–Kier alpha value is -2.08. The summed E-state index contributed by atoms with van der Waals surface area (Å²) in [4.78, 5) is 12.3. The second-order valence-electron chi connectivity index (χ2n) is 4.65. The summed E-state index contributed by atoms with van der Waals surface area (Å²) < 4.78 is 37.4. The van der Waals surface area contributed by atoms with Crippen LogP contribution in [0.3, 0.4) is 0 Å². The van der Waals surface area contributed by atoms with Crippen LogP contribution in [0.15, 0.2) is 41.3 Å². The molecule has 0 bridgehead atoms. The van der Waals surface area contributed by atoms with Gasteiger partial charge in [-0.15, -0.1) is 11.8 Å². The van der Waals surface area contributed by atoms with Crippen LogP contribution >= 0.6 is 11.8 Å². The third-order valence-corrected chi connectivity index (χ3v) is 4.15. The maximum Gasteiger partial charge on any atom is 0.173 e. The van der Waals surface area contributed by atoms with E-state index in [2.05, 4.69) is 0 Å². The molecule has 1 aliphatic heterocycles. The smallest absolute Gasteiger partial charge is 0.173 e. The summed E-state index contributed by atoms with van der Waals surface area (Å²) in [5, 5.41) is 0. The molecule has 0 spiro atoms. The topological polar surface area (TPSA) is 35.5 Å². The van der Waals surface area contributed by atoms with Gasteiger partial charge >= 0.3 is 0 Å². The Kier molecular flexibility index (Phi) is 4.29. The van der Waals surface area contributed by atoms with Crippen LogP contribution in [0.5, 0.6) is 11.5 Å². The number of fused-ring (bicyclic) bond motifs is 1. The Morgan fingerprint density at radius 3 is 2.64 bits per heavy atom. The van der Waals surface area contributed by atoms with Crippen LogP contribution in [-0.2, 0) is 0 Å². The normalized spacial score (nSPS) is 13.0. The molecule has 0 N–H and O–H groups in total. The van der Waals surface area contributed by atoms with Crippen molar-refractivity contribution in [3.63, 3.8) is 0 Å². The molecule has 114 valence electrons. The van der Waals surface area contributed by atoms with Gasteiger partial charge in [-0.05, 0) is 36.4 Å². The van der Waals surface area contributed by atoms with Crippen molar-refractivity contribution in [2.75, 3.05) is 19.0 Å². The third kappa shape index (κ3) is 3.22. The van der Waals surface area contributed by atoms with Crippen LogP contribution in [-0.4, -0.2) is 24.7 Å². The highest BCUT2D eigenvalue weighted by molar-refractivity contribution is 8.00. The SMILES string of the molecule is O=C(CSc1cc(F)ccc1F)c1ccc2c(c1)OCCO2. The van der Waals surface area contributed by atoms with Gasteiger partial charge in [0.25, 0.3) is 0 Å². The van der Waals surface area contributed by atoms with Gasteiger partial charge in [-0.3, -0.25) is 4.79 Å². The number of hydrogen-bond acceptors (Lipinski definition) is 4. The molecule has 0 fully saturated rings. The summed E-state index contributed by atoms with van der Waals surface area (Å²) in [6, 6.07) is 8.10. The third-order valence-electron chi connectivity index (χ3n) is 3.12. The molecule has 3 nitrogen and oxygen atoms in total. The number of carbonyl (C=O) groups excluding carboxylic acids is 1. The first kappa shape index (κ1) is 14.8. The van der Waals surface area contributed by atoms with E-state index in [-0.39, 0.29) is 16.4 Å². The highest BCUT2D eigenvalue weighted by atomic mass is 32.2. The lowest BCUT2D eigenvalue weighted by Crippen LogP contribution is -2.16. The maximum atomic E-state index is 13.5. The number of Topliss-reactive ketones (excluding diaryl/α,β-unsaturated/α-hetero) is 1. The van der Waals surface area contributed by atoms with Gasteiger partial charge in [-0.2, -0.15) is 0 Å². The van der Waals surface area contributed by atoms with Gasteiger partial charge in [0, 0.05) is 10.5 Å². The van der Waals surface area contributed by atoms with Crippen molar-refractivity contribution in [3.05, 3.63) is 53.6 Å². The molecule has 0 aliphatic carbocycles. The Balaban J connectivity index is 1.70. The number of ketones is 1. The summed E-state index contributed by atoms with van der Waals surface area (Å²) in [5.41, 5.74) is 0.452. The fourth-order valence-corrected chi connectivity index (χ4v) is 2.89.